The molecule has 0 saturated carbocycles. The van der Waals surface area contributed by atoms with Gasteiger partial charge in [-0.05, 0) is 0 Å². The van der Waals surface area contributed by atoms with E-state index in [1.165, 1.54) is 22.6 Å². The molecular formula is C4H3IO3Y. The molecule has 1 radical (unpaired) electrons. The molecule has 3 nitrogen and oxygen atoms in total. The summed E-state index contributed by atoms with van der Waals surface area (Å²) in [6, 6.07) is 0. The van der Waals surface area contributed by atoms with Gasteiger partial charge in [-0.25, -0.2) is 0 Å². The summed E-state index contributed by atoms with van der Waals surface area (Å²) in [6.45, 7) is 0. The first-order valence-corrected chi connectivity index (χ1v) is 2.79. The van der Waals surface area contributed by atoms with Crippen molar-refractivity contribution in [3.63, 3.8) is 0 Å². The number of carbonyl (C=O) groups is 2. The molecule has 0 aliphatic carbocycles. The van der Waals surface area contributed by atoms with Gasteiger partial charge in [-0.1, -0.05) is 0 Å². The van der Waals surface area contributed by atoms with E-state index >= 15 is 0 Å². The van der Waals surface area contributed by atoms with Crippen LogP contribution >= 0.6 is 22.6 Å². The van der Waals surface area contributed by atoms with E-state index in [1.54, 1.807) is 0 Å². The monoisotopic (exact) mass is 315 g/mol. The van der Waals surface area contributed by atoms with E-state index in [1.807, 2.05) is 0 Å². The molecule has 0 aliphatic rings. The fourth-order valence-electron chi connectivity index (χ4n) is 0.128. The zero-order chi connectivity index (χ0) is 6.57. The second-order valence-electron chi connectivity index (χ2n) is 0.976. The summed E-state index contributed by atoms with van der Waals surface area (Å²) in [5.41, 5.74) is -0.217. The Kier molecular flexibility index (Phi) is 9.41. The molecule has 9 heavy (non-hydrogen) atoms. The van der Waals surface area contributed by atoms with Crippen molar-refractivity contribution in [1.29, 1.82) is 0 Å². The molecule has 1 N–H and O–H groups in total. The van der Waals surface area contributed by atoms with Crippen molar-refractivity contribution >= 4 is 32.7 Å². The van der Waals surface area contributed by atoms with Crippen molar-refractivity contribution in [2.24, 2.45) is 0 Å². The predicted octanol–water partition coefficient (Wildman–Crippen LogP) is 0.586. The molecule has 0 aromatic rings. The van der Waals surface area contributed by atoms with Crippen LogP contribution in [-0.2, 0) is 42.3 Å². The molecule has 0 rings (SSSR count). The molecule has 0 saturated heterocycles. The maximum atomic E-state index is 10.1. The minimum atomic E-state index is -0.458. The maximum absolute atomic E-state index is 10.1. The molecule has 5 heteroatoms. The van der Waals surface area contributed by atoms with E-state index < -0.39 is 3.79 Å². The SMILES string of the molecule is O=C/C(=C/O)C(=O)I.[Y]. The molecule has 0 fully saturated rings. The number of rotatable bonds is 2. The van der Waals surface area contributed by atoms with E-state index in [2.05, 4.69) is 0 Å². The standard InChI is InChI=1S/C4H3IO3.Y/c5-4(8)3(1-6)2-7;/h1-2,6H;/b3-1-;. The van der Waals surface area contributed by atoms with Crippen molar-refractivity contribution in [2.45, 2.75) is 0 Å². The number of allylic oxidation sites excluding steroid dienone is 1. The first-order valence-electron chi connectivity index (χ1n) is 1.71. The van der Waals surface area contributed by atoms with E-state index in [9.17, 15) is 9.59 Å². The van der Waals surface area contributed by atoms with Crippen LogP contribution in [0.4, 0.5) is 0 Å². The fraction of sp³-hybridized carbons (Fsp3) is 0. The van der Waals surface area contributed by atoms with E-state index in [0.717, 1.165) is 0 Å². The third-order valence-corrected chi connectivity index (χ3v) is 1.12. The average Bonchev–Trinajstić information content (AvgIpc) is 1.69. The second kappa shape index (κ2) is 6.83. The summed E-state index contributed by atoms with van der Waals surface area (Å²) in [5, 5.41) is 8.08. The van der Waals surface area contributed by atoms with Crippen LogP contribution in [0.1, 0.15) is 0 Å². The summed E-state index contributed by atoms with van der Waals surface area (Å²) in [5.74, 6) is 0. The molecule has 0 aromatic carbocycles. The predicted molar refractivity (Wildman–Crippen MR) is 35.8 cm³/mol. The molecule has 47 valence electrons. The van der Waals surface area contributed by atoms with Gasteiger partial charge in [0.1, 0.15) is 5.57 Å². The normalized spacial score (nSPS) is 9.67. The van der Waals surface area contributed by atoms with Crippen LogP contribution in [-0.4, -0.2) is 15.2 Å². The Morgan fingerprint density at radius 2 is 2.00 bits per heavy atom. The Bertz CT molecular complexity index is 143. The van der Waals surface area contributed by atoms with Gasteiger partial charge in [0.05, 0.1) is 6.26 Å². The molecule has 0 bridgehead atoms. The molecule has 0 spiro atoms. The summed E-state index contributed by atoms with van der Waals surface area (Å²) in [7, 11) is 0. The number of hydrogen-bond donors (Lipinski definition) is 1. The van der Waals surface area contributed by atoms with Gasteiger partial charge in [-0.3, -0.25) is 9.59 Å². The number of aliphatic hydroxyl groups is 1. The third kappa shape index (κ3) is 5.17. The molecule has 0 aromatic heterocycles. The van der Waals surface area contributed by atoms with Crippen LogP contribution in [0, 0.1) is 0 Å². The first kappa shape index (κ1) is 12.4. The van der Waals surface area contributed by atoms with Gasteiger partial charge in [0, 0.05) is 55.3 Å². The summed E-state index contributed by atoms with van der Waals surface area (Å²) in [6.07, 6.45) is 0.788. The number of halogens is 1. The summed E-state index contributed by atoms with van der Waals surface area (Å²) < 4.78 is -0.458. The van der Waals surface area contributed by atoms with Crippen LogP contribution in [0.5, 0.6) is 0 Å². The largest absolute Gasteiger partial charge is 0.515 e. The van der Waals surface area contributed by atoms with Crippen LogP contribution in [0.2, 0.25) is 0 Å². The Hall–Kier alpha value is 0.714. The van der Waals surface area contributed by atoms with Crippen molar-refractivity contribution in [3.8, 4) is 0 Å². The Balaban J connectivity index is 0. The minimum absolute atomic E-state index is 0. The molecule has 0 unspecified atom stereocenters. The topological polar surface area (TPSA) is 54.4 Å². The van der Waals surface area contributed by atoms with E-state index in [-0.39, 0.29) is 38.3 Å². The van der Waals surface area contributed by atoms with Gasteiger partial charge in [0.15, 0.2) is 6.29 Å². The first-order chi connectivity index (χ1) is 3.72. The number of aliphatic hydroxyl groups excluding tert-OH is 1. The van der Waals surface area contributed by atoms with E-state index in [0.29, 0.717) is 12.5 Å². The number of aldehydes is 1. The summed E-state index contributed by atoms with van der Waals surface area (Å²) in [4.78, 5) is 19.9. The van der Waals surface area contributed by atoms with Gasteiger partial charge in [-0.2, -0.15) is 0 Å². The molecule has 0 amide bonds. The van der Waals surface area contributed by atoms with Gasteiger partial charge < -0.3 is 5.11 Å². The minimum Gasteiger partial charge on any atom is -0.515 e. The van der Waals surface area contributed by atoms with Crippen molar-refractivity contribution in [1.82, 2.24) is 0 Å². The Morgan fingerprint density at radius 1 is 1.56 bits per heavy atom. The Morgan fingerprint density at radius 3 is 2.00 bits per heavy atom. The van der Waals surface area contributed by atoms with Gasteiger partial charge in [0.25, 0.3) is 0 Å². The molecular weight excluding hydrogens is 312 g/mol. The quantitative estimate of drug-likeness (QED) is 0.154. The van der Waals surface area contributed by atoms with Crippen molar-refractivity contribution in [3.05, 3.63) is 11.8 Å². The summed E-state index contributed by atoms with van der Waals surface area (Å²) >= 11 is 1.41. The maximum Gasteiger partial charge on any atom is 0.228 e. The zero-order valence-electron chi connectivity index (χ0n) is 4.37. The fourth-order valence-corrected chi connectivity index (χ4v) is 0.394. The molecule has 0 aliphatic heterocycles. The van der Waals surface area contributed by atoms with Gasteiger partial charge in [-0.15, -0.1) is 0 Å². The average molecular weight is 315 g/mol. The van der Waals surface area contributed by atoms with E-state index in [4.69, 9.17) is 5.11 Å². The van der Waals surface area contributed by atoms with Gasteiger partial charge >= 0.3 is 0 Å². The van der Waals surface area contributed by atoms with Crippen LogP contribution < -0.4 is 0 Å². The van der Waals surface area contributed by atoms with Crippen molar-refractivity contribution < 1.29 is 47.4 Å². The second-order valence-corrected chi connectivity index (χ2v) is 1.96. The smallest absolute Gasteiger partial charge is 0.228 e. The third-order valence-electron chi connectivity index (χ3n) is 0.493. The van der Waals surface area contributed by atoms with Crippen molar-refractivity contribution in [2.75, 3.05) is 0 Å². The van der Waals surface area contributed by atoms with Crippen LogP contribution in [0.3, 0.4) is 0 Å². The zero-order valence-corrected chi connectivity index (χ0v) is 9.37. The van der Waals surface area contributed by atoms with Crippen LogP contribution in [0.25, 0.3) is 0 Å². The molecule has 0 atom stereocenters. The number of hydrogen-bond acceptors (Lipinski definition) is 3. The Labute approximate surface area is 90.9 Å². The van der Waals surface area contributed by atoms with Crippen LogP contribution in [0.15, 0.2) is 11.8 Å². The molecule has 0 heterocycles. The number of carbonyl (C=O) groups excluding carboxylic acids is 2. The van der Waals surface area contributed by atoms with Gasteiger partial charge in [0.2, 0.25) is 3.79 Å².